The molecule has 0 unspecified atom stereocenters. The number of hydrogen-bond acceptors (Lipinski definition) is 4. The van der Waals surface area contributed by atoms with E-state index in [1.54, 1.807) is 19.1 Å². The van der Waals surface area contributed by atoms with Gasteiger partial charge in [0, 0.05) is 0 Å². The van der Waals surface area contributed by atoms with Crippen LogP contribution in [-0.2, 0) is 11.2 Å². The minimum atomic E-state index is -0.785. The average molecular weight is 227 g/mol. The van der Waals surface area contributed by atoms with E-state index in [1.165, 1.54) is 6.92 Å². The first-order valence-electron chi connectivity index (χ1n) is 5.16. The Morgan fingerprint density at radius 2 is 2.25 bits per heavy atom. The van der Waals surface area contributed by atoms with Crippen LogP contribution in [0.4, 0.5) is 0 Å². The Balaban J connectivity index is 2.47. The number of carbonyl (C=O) groups is 1. The molecular formula is C11H17NO4. The Morgan fingerprint density at radius 1 is 1.56 bits per heavy atom. The van der Waals surface area contributed by atoms with E-state index in [2.05, 4.69) is 5.32 Å². The Hall–Kier alpha value is -1.33. The normalized spacial score (nSPS) is 14.5. The highest BCUT2D eigenvalue weighted by molar-refractivity contribution is 5.78. The minimum absolute atomic E-state index is 0.108. The molecule has 0 aliphatic heterocycles. The fourth-order valence-corrected chi connectivity index (χ4v) is 1.31. The largest absolute Gasteiger partial charge is 0.466 e. The molecule has 1 amide bonds. The monoisotopic (exact) mass is 227 g/mol. The number of aryl methyl sites for hydroxylation is 1. The van der Waals surface area contributed by atoms with E-state index in [1.807, 2.05) is 0 Å². The zero-order valence-electron chi connectivity index (χ0n) is 9.43. The van der Waals surface area contributed by atoms with Crippen LogP contribution in [0.15, 0.2) is 16.5 Å². The van der Waals surface area contributed by atoms with Crippen LogP contribution < -0.4 is 5.32 Å². The smallest absolute Gasteiger partial charge is 0.228 e. The fourth-order valence-electron chi connectivity index (χ4n) is 1.31. The van der Waals surface area contributed by atoms with Crippen molar-refractivity contribution >= 4 is 5.91 Å². The van der Waals surface area contributed by atoms with Crippen molar-refractivity contribution in [3.05, 3.63) is 23.7 Å². The van der Waals surface area contributed by atoms with Crippen molar-refractivity contribution in [3.63, 3.8) is 0 Å². The van der Waals surface area contributed by atoms with Gasteiger partial charge in [0.05, 0.1) is 25.2 Å². The Morgan fingerprint density at radius 3 is 2.69 bits per heavy atom. The Labute approximate surface area is 94.1 Å². The molecule has 0 saturated heterocycles. The van der Waals surface area contributed by atoms with Crippen molar-refractivity contribution in [3.8, 4) is 0 Å². The lowest BCUT2D eigenvalue weighted by Crippen LogP contribution is -2.45. The molecule has 16 heavy (non-hydrogen) atoms. The Bertz CT molecular complexity index is 346. The summed E-state index contributed by atoms with van der Waals surface area (Å²) in [4.78, 5) is 11.5. The third-order valence-corrected chi connectivity index (χ3v) is 2.26. The molecule has 0 aliphatic rings. The number of carbonyl (C=O) groups excluding carboxylic acids is 1. The van der Waals surface area contributed by atoms with Crippen molar-refractivity contribution in [1.82, 2.24) is 5.32 Å². The van der Waals surface area contributed by atoms with Gasteiger partial charge in [-0.25, -0.2) is 0 Å². The maximum atomic E-state index is 11.5. The molecule has 0 radical (unpaired) electrons. The molecule has 1 aromatic heterocycles. The minimum Gasteiger partial charge on any atom is -0.466 e. The first-order valence-corrected chi connectivity index (χ1v) is 5.16. The SMILES string of the molecule is Cc1ccc(CC(=O)N[C@H](CO)[C@@H](C)O)o1. The number of amides is 1. The van der Waals surface area contributed by atoms with Crippen molar-refractivity contribution < 1.29 is 19.4 Å². The number of hydrogen-bond donors (Lipinski definition) is 3. The van der Waals surface area contributed by atoms with E-state index in [-0.39, 0.29) is 18.9 Å². The van der Waals surface area contributed by atoms with Crippen LogP contribution in [0.1, 0.15) is 18.4 Å². The van der Waals surface area contributed by atoms with Gasteiger partial charge in [0.25, 0.3) is 0 Å². The average Bonchev–Trinajstić information content (AvgIpc) is 2.60. The van der Waals surface area contributed by atoms with E-state index in [0.29, 0.717) is 5.76 Å². The summed E-state index contributed by atoms with van der Waals surface area (Å²) < 4.78 is 5.24. The summed E-state index contributed by atoms with van der Waals surface area (Å²) in [6, 6.07) is 2.87. The lowest BCUT2D eigenvalue weighted by atomic mass is 10.2. The third kappa shape index (κ3) is 3.67. The molecule has 1 heterocycles. The molecule has 5 heteroatoms. The van der Waals surface area contributed by atoms with Crippen LogP contribution in [-0.4, -0.2) is 34.9 Å². The van der Waals surface area contributed by atoms with E-state index in [9.17, 15) is 9.90 Å². The number of furan rings is 1. The molecule has 0 aliphatic carbocycles. The van der Waals surface area contributed by atoms with Gasteiger partial charge in [-0.1, -0.05) is 0 Å². The molecular weight excluding hydrogens is 210 g/mol. The molecule has 3 N–H and O–H groups in total. The number of aliphatic hydroxyl groups is 2. The highest BCUT2D eigenvalue weighted by atomic mass is 16.3. The lowest BCUT2D eigenvalue weighted by molar-refractivity contribution is -0.122. The van der Waals surface area contributed by atoms with Crippen molar-refractivity contribution in [2.75, 3.05) is 6.61 Å². The second-order valence-corrected chi connectivity index (χ2v) is 3.79. The van der Waals surface area contributed by atoms with E-state index in [4.69, 9.17) is 9.52 Å². The van der Waals surface area contributed by atoms with Crippen LogP contribution in [0.2, 0.25) is 0 Å². The summed E-state index contributed by atoms with van der Waals surface area (Å²) in [5.74, 6) is 1.03. The summed E-state index contributed by atoms with van der Waals surface area (Å²) in [5, 5.41) is 20.7. The van der Waals surface area contributed by atoms with Gasteiger partial charge in [0.2, 0.25) is 5.91 Å². The summed E-state index contributed by atoms with van der Waals surface area (Å²) >= 11 is 0. The second-order valence-electron chi connectivity index (χ2n) is 3.79. The number of nitrogens with one attached hydrogen (secondary N) is 1. The van der Waals surface area contributed by atoms with Gasteiger partial charge < -0.3 is 19.9 Å². The maximum Gasteiger partial charge on any atom is 0.228 e. The van der Waals surface area contributed by atoms with Gasteiger partial charge >= 0.3 is 0 Å². The van der Waals surface area contributed by atoms with Gasteiger partial charge in [-0.05, 0) is 26.0 Å². The Kier molecular flexibility index (Phi) is 4.52. The van der Waals surface area contributed by atoms with Crippen LogP contribution >= 0.6 is 0 Å². The molecule has 0 fully saturated rings. The molecule has 90 valence electrons. The highest BCUT2D eigenvalue weighted by Crippen LogP contribution is 2.07. The van der Waals surface area contributed by atoms with Crippen LogP contribution in [0.25, 0.3) is 0 Å². The van der Waals surface area contributed by atoms with Crippen molar-refractivity contribution in [1.29, 1.82) is 0 Å². The van der Waals surface area contributed by atoms with Gasteiger partial charge in [-0.3, -0.25) is 4.79 Å². The molecule has 0 spiro atoms. The summed E-state index contributed by atoms with van der Waals surface area (Å²) in [6.45, 7) is 3.02. The molecule has 0 bridgehead atoms. The summed E-state index contributed by atoms with van der Waals surface area (Å²) in [6.07, 6.45) is -0.677. The molecule has 1 aromatic rings. The van der Waals surface area contributed by atoms with E-state index < -0.39 is 12.1 Å². The van der Waals surface area contributed by atoms with Gasteiger partial charge in [-0.2, -0.15) is 0 Å². The first kappa shape index (κ1) is 12.7. The standard InChI is InChI=1S/C11H17NO4/c1-7-3-4-9(16-7)5-11(15)12-10(6-13)8(2)14/h3-4,8,10,13-14H,5-6H2,1-2H3,(H,12,15)/t8-,10-/m1/s1. The first-order chi connectivity index (χ1) is 7.52. The molecule has 5 nitrogen and oxygen atoms in total. The summed E-state index contributed by atoms with van der Waals surface area (Å²) in [5.41, 5.74) is 0. The maximum absolute atomic E-state index is 11.5. The van der Waals surface area contributed by atoms with E-state index >= 15 is 0 Å². The highest BCUT2D eigenvalue weighted by Gasteiger charge is 2.17. The molecule has 0 saturated carbocycles. The quantitative estimate of drug-likeness (QED) is 0.660. The van der Waals surface area contributed by atoms with Crippen LogP contribution in [0.3, 0.4) is 0 Å². The summed E-state index contributed by atoms with van der Waals surface area (Å²) in [7, 11) is 0. The van der Waals surface area contributed by atoms with Crippen LogP contribution in [0.5, 0.6) is 0 Å². The lowest BCUT2D eigenvalue weighted by Gasteiger charge is -2.18. The zero-order valence-corrected chi connectivity index (χ0v) is 9.43. The van der Waals surface area contributed by atoms with Gasteiger partial charge in [0.15, 0.2) is 0 Å². The fraction of sp³-hybridized carbons (Fsp3) is 0.545. The van der Waals surface area contributed by atoms with Gasteiger partial charge in [0.1, 0.15) is 11.5 Å². The predicted molar refractivity (Wildman–Crippen MR) is 57.8 cm³/mol. The number of rotatable bonds is 5. The second kappa shape index (κ2) is 5.67. The van der Waals surface area contributed by atoms with Crippen LogP contribution in [0, 0.1) is 6.92 Å². The van der Waals surface area contributed by atoms with E-state index in [0.717, 1.165) is 5.76 Å². The third-order valence-electron chi connectivity index (χ3n) is 2.26. The predicted octanol–water partition coefficient (Wildman–Crippen LogP) is -0.0116. The number of aliphatic hydroxyl groups excluding tert-OH is 2. The van der Waals surface area contributed by atoms with Crippen molar-refractivity contribution in [2.24, 2.45) is 0 Å². The molecule has 2 atom stereocenters. The molecule has 1 rings (SSSR count). The molecule has 0 aromatic carbocycles. The topological polar surface area (TPSA) is 82.7 Å². The van der Waals surface area contributed by atoms with Gasteiger partial charge in [-0.15, -0.1) is 0 Å². The van der Waals surface area contributed by atoms with Crippen molar-refractivity contribution in [2.45, 2.75) is 32.4 Å². The zero-order chi connectivity index (χ0) is 12.1.